The van der Waals surface area contributed by atoms with E-state index in [2.05, 4.69) is 63.2 Å². The van der Waals surface area contributed by atoms with Gasteiger partial charge >= 0.3 is 0 Å². The Morgan fingerprint density at radius 1 is 0.962 bits per heavy atom. The van der Waals surface area contributed by atoms with Gasteiger partial charge in [0.05, 0.1) is 5.69 Å². The Morgan fingerprint density at radius 2 is 1.58 bits per heavy atom. The van der Waals surface area contributed by atoms with Gasteiger partial charge in [0.2, 0.25) is 0 Å². The van der Waals surface area contributed by atoms with Gasteiger partial charge in [-0.3, -0.25) is 9.98 Å². The van der Waals surface area contributed by atoms with Crippen LogP contribution < -0.4 is 0 Å². The molecule has 0 fully saturated rings. The summed E-state index contributed by atoms with van der Waals surface area (Å²) in [6.07, 6.45) is 4.23. The molecular weight excluding hydrogens is 316 g/mol. The van der Waals surface area contributed by atoms with Crippen molar-refractivity contribution < 1.29 is 0 Å². The van der Waals surface area contributed by atoms with E-state index in [1.54, 1.807) is 0 Å². The first-order valence-electron chi connectivity index (χ1n) is 9.34. The summed E-state index contributed by atoms with van der Waals surface area (Å²) in [6.45, 7) is 6.48. The predicted octanol–water partition coefficient (Wildman–Crippen LogP) is 6.41. The zero-order chi connectivity index (χ0) is 18.4. The van der Waals surface area contributed by atoms with Crippen molar-refractivity contribution in [2.75, 3.05) is 0 Å². The van der Waals surface area contributed by atoms with Crippen molar-refractivity contribution >= 4 is 5.71 Å². The monoisotopic (exact) mass is 342 g/mol. The van der Waals surface area contributed by atoms with Crippen LogP contribution in [0, 0.1) is 0 Å². The molecular formula is C24H26N2. The number of aromatic nitrogens is 1. The minimum atomic E-state index is 0.331. The molecule has 1 unspecified atom stereocenters. The number of pyridine rings is 1. The maximum absolute atomic E-state index is 4.90. The molecule has 0 aliphatic heterocycles. The van der Waals surface area contributed by atoms with E-state index in [9.17, 15) is 0 Å². The minimum absolute atomic E-state index is 0.331. The summed E-state index contributed by atoms with van der Waals surface area (Å²) in [5.41, 5.74) is 6.66. The van der Waals surface area contributed by atoms with E-state index in [1.165, 1.54) is 11.1 Å². The maximum Gasteiger partial charge on any atom is 0.0708 e. The van der Waals surface area contributed by atoms with Gasteiger partial charge in [-0.2, -0.15) is 0 Å². The normalized spacial score (nSPS) is 12.8. The fourth-order valence-electron chi connectivity index (χ4n) is 3.25. The predicted molar refractivity (Wildman–Crippen MR) is 112 cm³/mol. The van der Waals surface area contributed by atoms with Gasteiger partial charge in [0.25, 0.3) is 0 Å². The SMILES string of the molecule is CCCC(C)N=C(C)c1cnc(-c2ccccc2)cc1-c1ccccc1. The Bertz CT molecular complexity index is 867. The molecule has 3 rings (SSSR count). The Morgan fingerprint density at radius 3 is 2.19 bits per heavy atom. The van der Waals surface area contributed by atoms with Gasteiger partial charge < -0.3 is 0 Å². The first-order chi connectivity index (χ1) is 12.7. The van der Waals surface area contributed by atoms with Gasteiger partial charge in [0, 0.05) is 29.1 Å². The Hall–Kier alpha value is -2.74. The summed E-state index contributed by atoms with van der Waals surface area (Å²) in [4.78, 5) is 9.63. The lowest BCUT2D eigenvalue weighted by atomic mass is 9.96. The van der Waals surface area contributed by atoms with Crippen LogP contribution in [0.15, 0.2) is 77.9 Å². The number of hydrogen-bond acceptors (Lipinski definition) is 2. The van der Waals surface area contributed by atoms with Crippen molar-refractivity contribution in [2.24, 2.45) is 4.99 Å². The van der Waals surface area contributed by atoms with E-state index in [1.807, 2.05) is 30.5 Å². The van der Waals surface area contributed by atoms with Crippen LogP contribution in [0.1, 0.15) is 39.2 Å². The molecule has 0 bridgehead atoms. The van der Waals surface area contributed by atoms with Gasteiger partial charge in [0.1, 0.15) is 0 Å². The minimum Gasteiger partial charge on any atom is -0.286 e. The molecule has 26 heavy (non-hydrogen) atoms. The molecule has 0 aliphatic rings. The lowest BCUT2D eigenvalue weighted by Gasteiger charge is -2.13. The number of aliphatic imine (C=N–C) groups is 1. The van der Waals surface area contributed by atoms with E-state index in [-0.39, 0.29) is 0 Å². The molecule has 0 aliphatic carbocycles. The molecule has 1 aromatic heterocycles. The molecule has 0 spiro atoms. The van der Waals surface area contributed by atoms with Gasteiger partial charge in [0.15, 0.2) is 0 Å². The zero-order valence-electron chi connectivity index (χ0n) is 15.8. The first-order valence-corrected chi connectivity index (χ1v) is 9.34. The van der Waals surface area contributed by atoms with Crippen LogP contribution in [0.5, 0.6) is 0 Å². The lowest BCUT2D eigenvalue weighted by Crippen LogP contribution is -2.06. The molecule has 0 N–H and O–H groups in total. The molecule has 132 valence electrons. The average molecular weight is 342 g/mol. The molecule has 0 saturated heterocycles. The highest BCUT2D eigenvalue weighted by molar-refractivity contribution is 6.04. The van der Waals surface area contributed by atoms with Crippen LogP contribution in [0.3, 0.4) is 0 Å². The number of benzene rings is 2. The Balaban J connectivity index is 2.09. The highest BCUT2D eigenvalue weighted by Crippen LogP contribution is 2.28. The van der Waals surface area contributed by atoms with Crippen LogP contribution in [0.25, 0.3) is 22.4 Å². The molecule has 0 saturated carbocycles. The lowest BCUT2D eigenvalue weighted by molar-refractivity contribution is 0.655. The van der Waals surface area contributed by atoms with Gasteiger partial charge in [-0.05, 0) is 37.5 Å². The summed E-state index contributed by atoms with van der Waals surface area (Å²) in [5, 5.41) is 0. The van der Waals surface area contributed by atoms with Gasteiger partial charge in [-0.25, -0.2) is 0 Å². The van der Waals surface area contributed by atoms with Crippen molar-refractivity contribution in [1.29, 1.82) is 0 Å². The third-order valence-corrected chi connectivity index (χ3v) is 4.57. The summed E-state index contributed by atoms with van der Waals surface area (Å²) in [6, 6.07) is 23.3. The number of hydrogen-bond donors (Lipinski definition) is 0. The second kappa shape index (κ2) is 8.57. The molecule has 1 heterocycles. The summed E-state index contributed by atoms with van der Waals surface area (Å²) in [7, 11) is 0. The largest absolute Gasteiger partial charge is 0.286 e. The second-order valence-corrected chi connectivity index (χ2v) is 6.70. The Kier molecular flexibility index (Phi) is 5.96. The fraction of sp³-hybridized carbons (Fsp3) is 0.250. The van der Waals surface area contributed by atoms with E-state index in [0.29, 0.717) is 6.04 Å². The van der Waals surface area contributed by atoms with E-state index in [0.717, 1.165) is 35.4 Å². The maximum atomic E-state index is 4.90. The third kappa shape index (κ3) is 4.26. The van der Waals surface area contributed by atoms with Gasteiger partial charge in [-0.15, -0.1) is 0 Å². The molecule has 2 nitrogen and oxygen atoms in total. The van der Waals surface area contributed by atoms with Crippen molar-refractivity contribution in [2.45, 2.75) is 39.7 Å². The summed E-state index contributed by atoms with van der Waals surface area (Å²) < 4.78 is 0. The van der Waals surface area contributed by atoms with E-state index in [4.69, 9.17) is 9.98 Å². The third-order valence-electron chi connectivity index (χ3n) is 4.57. The molecule has 0 radical (unpaired) electrons. The second-order valence-electron chi connectivity index (χ2n) is 6.70. The van der Waals surface area contributed by atoms with E-state index < -0.39 is 0 Å². The van der Waals surface area contributed by atoms with Crippen molar-refractivity contribution in [3.63, 3.8) is 0 Å². The van der Waals surface area contributed by atoms with Crippen LogP contribution in [0.4, 0.5) is 0 Å². The first kappa shape index (κ1) is 18.1. The highest BCUT2D eigenvalue weighted by Gasteiger charge is 2.12. The quantitative estimate of drug-likeness (QED) is 0.475. The van der Waals surface area contributed by atoms with Crippen molar-refractivity contribution in [3.8, 4) is 22.4 Å². The zero-order valence-corrected chi connectivity index (χ0v) is 15.8. The molecule has 2 heteroatoms. The van der Waals surface area contributed by atoms with Gasteiger partial charge in [-0.1, -0.05) is 74.0 Å². The summed E-state index contributed by atoms with van der Waals surface area (Å²) in [5.74, 6) is 0. The Labute approximate surface area is 156 Å². The topological polar surface area (TPSA) is 25.2 Å². The van der Waals surface area contributed by atoms with Crippen LogP contribution in [-0.4, -0.2) is 16.7 Å². The summed E-state index contributed by atoms with van der Waals surface area (Å²) >= 11 is 0. The smallest absolute Gasteiger partial charge is 0.0708 e. The fourth-order valence-corrected chi connectivity index (χ4v) is 3.25. The molecule has 0 amide bonds. The molecule has 2 aromatic carbocycles. The number of rotatable bonds is 6. The highest BCUT2D eigenvalue weighted by atomic mass is 14.8. The van der Waals surface area contributed by atoms with Crippen LogP contribution >= 0.6 is 0 Å². The average Bonchev–Trinajstić information content (AvgIpc) is 2.69. The number of nitrogens with zero attached hydrogens (tertiary/aromatic N) is 2. The van der Waals surface area contributed by atoms with Crippen molar-refractivity contribution in [3.05, 3.63) is 78.5 Å². The standard InChI is InChI=1S/C24H26N2/c1-4-11-18(2)26-19(3)23-17-25-24(21-14-9-6-10-15-21)16-22(23)20-12-7-5-8-13-20/h5-10,12-18H,4,11H2,1-3H3. The van der Waals surface area contributed by atoms with Crippen LogP contribution in [0.2, 0.25) is 0 Å². The molecule has 3 aromatic rings. The van der Waals surface area contributed by atoms with E-state index >= 15 is 0 Å². The van der Waals surface area contributed by atoms with Crippen molar-refractivity contribution in [1.82, 2.24) is 4.98 Å². The van der Waals surface area contributed by atoms with Crippen LogP contribution in [-0.2, 0) is 0 Å². The molecule has 1 atom stereocenters.